The number of likely N-dealkylation sites (tertiary alicyclic amines) is 1. The molecule has 5 nitrogen and oxygen atoms in total. The summed E-state index contributed by atoms with van der Waals surface area (Å²) in [6.07, 6.45) is 5.72. The summed E-state index contributed by atoms with van der Waals surface area (Å²) in [4.78, 5) is 6.57. The number of benzene rings is 1. The van der Waals surface area contributed by atoms with Crippen LogP contribution < -0.4 is 0 Å². The third kappa shape index (κ3) is 2.70. The summed E-state index contributed by atoms with van der Waals surface area (Å²) in [5.74, 6) is 2.46. The van der Waals surface area contributed by atoms with Crippen molar-refractivity contribution in [3.8, 4) is 11.4 Å². The van der Waals surface area contributed by atoms with Crippen LogP contribution in [0.15, 0.2) is 48.8 Å². The minimum atomic E-state index is -0.181. The standard InChI is InChI=1S/C20H20FN5/c21-17-4-1-14(2-5-17)11-25-12-16-3-6-19-23-24-20(26(19)18(16)13-25)15-7-9-22-10-8-15/h1-2,4-5,7-10,16,18H,3,6,11-13H2/t16-,18+/m1/s1. The Kier molecular flexibility index (Phi) is 3.78. The second kappa shape index (κ2) is 6.29. The summed E-state index contributed by atoms with van der Waals surface area (Å²) in [5, 5.41) is 8.92. The van der Waals surface area contributed by atoms with Crippen LogP contribution in [0.3, 0.4) is 0 Å². The second-order valence-corrected chi connectivity index (χ2v) is 7.23. The molecule has 0 radical (unpaired) electrons. The van der Waals surface area contributed by atoms with Crippen LogP contribution in [0.1, 0.15) is 23.9 Å². The van der Waals surface area contributed by atoms with Gasteiger partial charge in [0.1, 0.15) is 11.6 Å². The van der Waals surface area contributed by atoms with Gasteiger partial charge >= 0.3 is 0 Å². The van der Waals surface area contributed by atoms with Crippen molar-refractivity contribution >= 4 is 0 Å². The van der Waals surface area contributed by atoms with Gasteiger partial charge in [-0.2, -0.15) is 0 Å². The van der Waals surface area contributed by atoms with Crippen LogP contribution >= 0.6 is 0 Å². The molecule has 2 aromatic heterocycles. The molecule has 3 aromatic rings. The number of nitrogens with zero attached hydrogens (tertiary/aromatic N) is 5. The van der Waals surface area contributed by atoms with Crippen molar-refractivity contribution in [3.05, 3.63) is 66.0 Å². The van der Waals surface area contributed by atoms with E-state index in [4.69, 9.17) is 0 Å². The molecule has 0 saturated carbocycles. The Balaban J connectivity index is 1.42. The maximum absolute atomic E-state index is 13.1. The van der Waals surface area contributed by atoms with E-state index in [1.165, 1.54) is 12.1 Å². The highest BCUT2D eigenvalue weighted by Gasteiger charge is 2.39. The van der Waals surface area contributed by atoms with Crippen molar-refractivity contribution in [2.75, 3.05) is 13.1 Å². The lowest BCUT2D eigenvalue weighted by molar-refractivity contribution is 0.313. The van der Waals surface area contributed by atoms with Crippen molar-refractivity contribution in [2.24, 2.45) is 5.92 Å². The number of hydrogen-bond acceptors (Lipinski definition) is 4. The van der Waals surface area contributed by atoms with Crippen LogP contribution in [-0.2, 0) is 13.0 Å². The van der Waals surface area contributed by atoms with E-state index in [-0.39, 0.29) is 5.82 Å². The average Bonchev–Trinajstić information content (AvgIpc) is 3.27. The summed E-state index contributed by atoms with van der Waals surface area (Å²) in [6.45, 7) is 2.90. The Labute approximate surface area is 151 Å². The number of rotatable bonds is 3. The molecule has 0 aliphatic carbocycles. The summed E-state index contributed by atoms with van der Waals surface area (Å²) < 4.78 is 15.5. The molecular formula is C20H20FN5. The van der Waals surface area contributed by atoms with Crippen LogP contribution in [0.25, 0.3) is 11.4 Å². The normalized spacial score (nSPS) is 22.2. The van der Waals surface area contributed by atoms with Crippen molar-refractivity contribution in [1.82, 2.24) is 24.6 Å². The maximum Gasteiger partial charge on any atom is 0.164 e. The largest absolute Gasteiger partial charge is 0.306 e. The molecule has 0 amide bonds. The van der Waals surface area contributed by atoms with Crippen LogP contribution in [0, 0.1) is 11.7 Å². The molecular weight excluding hydrogens is 329 g/mol. The maximum atomic E-state index is 13.1. The smallest absolute Gasteiger partial charge is 0.164 e. The first-order valence-electron chi connectivity index (χ1n) is 9.09. The van der Waals surface area contributed by atoms with Gasteiger partial charge in [0.2, 0.25) is 0 Å². The van der Waals surface area contributed by atoms with Gasteiger partial charge in [-0.1, -0.05) is 12.1 Å². The van der Waals surface area contributed by atoms with Gasteiger partial charge in [-0.25, -0.2) is 4.39 Å². The summed E-state index contributed by atoms with van der Waals surface area (Å²) in [7, 11) is 0. The molecule has 0 N–H and O–H groups in total. The van der Waals surface area contributed by atoms with Crippen molar-refractivity contribution in [1.29, 1.82) is 0 Å². The number of fused-ring (bicyclic) bond motifs is 3. The van der Waals surface area contributed by atoms with Gasteiger partial charge < -0.3 is 4.57 Å². The predicted octanol–water partition coefficient (Wildman–Crippen LogP) is 3.10. The molecule has 2 aliphatic rings. The highest BCUT2D eigenvalue weighted by molar-refractivity contribution is 5.54. The molecule has 1 aromatic carbocycles. The summed E-state index contributed by atoms with van der Waals surface area (Å²) in [6, 6.07) is 11.2. The number of aryl methyl sites for hydroxylation is 1. The predicted molar refractivity (Wildman–Crippen MR) is 95.8 cm³/mol. The lowest BCUT2D eigenvalue weighted by Gasteiger charge is -2.27. The first kappa shape index (κ1) is 15.6. The van der Waals surface area contributed by atoms with E-state index in [1.54, 1.807) is 12.4 Å². The van der Waals surface area contributed by atoms with Crippen molar-refractivity contribution < 1.29 is 4.39 Å². The Hall–Kier alpha value is -2.60. The van der Waals surface area contributed by atoms with E-state index >= 15 is 0 Å². The Morgan fingerprint density at radius 2 is 1.81 bits per heavy atom. The molecule has 2 atom stereocenters. The Morgan fingerprint density at radius 1 is 1.00 bits per heavy atom. The van der Waals surface area contributed by atoms with E-state index in [2.05, 4.69) is 24.6 Å². The molecule has 0 bridgehead atoms. The fraction of sp³-hybridized carbons (Fsp3) is 0.350. The first-order valence-corrected chi connectivity index (χ1v) is 9.09. The van der Waals surface area contributed by atoms with E-state index in [1.807, 2.05) is 24.3 Å². The molecule has 2 aliphatic heterocycles. The van der Waals surface area contributed by atoms with Crippen LogP contribution in [0.5, 0.6) is 0 Å². The molecule has 1 fully saturated rings. The fourth-order valence-electron chi connectivity index (χ4n) is 4.35. The minimum absolute atomic E-state index is 0.181. The van der Waals surface area contributed by atoms with Gasteiger partial charge in [0.15, 0.2) is 5.82 Å². The monoisotopic (exact) mass is 349 g/mol. The van der Waals surface area contributed by atoms with Crippen molar-refractivity contribution in [3.63, 3.8) is 0 Å². The lowest BCUT2D eigenvalue weighted by atomic mass is 9.93. The lowest BCUT2D eigenvalue weighted by Crippen LogP contribution is -2.26. The molecule has 6 heteroatoms. The second-order valence-electron chi connectivity index (χ2n) is 7.23. The zero-order valence-corrected chi connectivity index (χ0v) is 14.4. The number of hydrogen-bond donors (Lipinski definition) is 0. The SMILES string of the molecule is Fc1ccc(CN2C[C@H]3CCc4nnc(-c5ccncc5)n4[C@H]3C2)cc1. The quantitative estimate of drug-likeness (QED) is 0.729. The molecule has 0 unspecified atom stereocenters. The van der Waals surface area contributed by atoms with E-state index < -0.39 is 0 Å². The van der Waals surface area contributed by atoms with E-state index in [0.717, 1.165) is 55.3 Å². The van der Waals surface area contributed by atoms with Gasteiger partial charge in [0.25, 0.3) is 0 Å². The summed E-state index contributed by atoms with van der Waals surface area (Å²) >= 11 is 0. The third-order valence-corrected chi connectivity index (χ3v) is 5.58. The van der Waals surface area contributed by atoms with Gasteiger partial charge in [-0.3, -0.25) is 9.88 Å². The van der Waals surface area contributed by atoms with Gasteiger partial charge in [0.05, 0.1) is 6.04 Å². The molecule has 4 heterocycles. The average molecular weight is 349 g/mol. The van der Waals surface area contributed by atoms with Crippen molar-refractivity contribution in [2.45, 2.75) is 25.4 Å². The first-order chi connectivity index (χ1) is 12.8. The molecule has 0 spiro atoms. The van der Waals surface area contributed by atoms with Crippen LogP contribution in [0.4, 0.5) is 4.39 Å². The van der Waals surface area contributed by atoms with Crippen LogP contribution in [-0.4, -0.2) is 37.7 Å². The fourth-order valence-corrected chi connectivity index (χ4v) is 4.35. The van der Waals surface area contributed by atoms with Gasteiger partial charge in [-0.15, -0.1) is 10.2 Å². The highest BCUT2D eigenvalue weighted by atomic mass is 19.1. The Bertz CT molecular complexity index is 906. The number of pyridine rings is 1. The summed E-state index contributed by atoms with van der Waals surface area (Å²) in [5.41, 5.74) is 2.22. The molecule has 132 valence electrons. The topological polar surface area (TPSA) is 46.8 Å². The Morgan fingerprint density at radius 3 is 2.62 bits per heavy atom. The number of halogens is 1. The van der Waals surface area contributed by atoms with E-state index in [0.29, 0.717) is 12.0 Å². The highest BCUT2D eigenvalue weighted by Crippen LogP contribution is 2.39. The van der Waals surface area contributed by atoms with Gasteiger partial charge in [0, 0.05) is 44.0 Å². The van der Waals surface area contributed by atoms with E-state index in [9.17, 15) is 4.39 Å². The van der Waals surface area contributed by atoms with Crippen LogP contribution in [0.2, 0.25) is 0 Å². The molecule has 26 heavy (non-hydrogen) atoms. The minimum Gasteiger partial charge on any atom is -0.306 e. The number of aromatic nitrogens is 4. The molecule has 1 saturated heterocycles. The van der Waals surface area contributed by atoms with Gasteiger partial charge in [-0.05, 0) is 42.2 Å². The third-order valence-electron chi connectivity index (χ3n) is 5.58. The zero-order valence-electron chi connectivity index (χ0n) is 14.4. The molecule has 5 rings (SSSR count). The zero-order chi connectivity index (χ0) is 17.5.